The number of nitrogens with zero attached hydrogens (tertiary/aromatic N) is 5. The van der Waals surface area contributed by atoms with Crippen LogP contribution in [0.1, 0.15) is 137 Å². The molecule has 8 aliphatic rings. The number of piperidine rings is 4. The molecular formula is C56H76ClFN10O8S2. The molecule has 6 heterocycles. The van der Waals surface area contributed by atoms with Crippen LogP contribution in [0.5, 0.6) is 0 Å². The normalized spacial score (nSPS) is 23.0. The smallest absolute Gasteiger partial charge is 0.258 e. The highest BCUT2D eigenvalue weighted by molar-refractivity contribution is 7.94. The van der Waals surface area contributed by atoms with Crippen LogP contribution >= 0.6 is 12.4 Å². The topological polar surface area (TPSA) is 239 Å². The summed E-state index contributed by atoms with van der Waals surface area (Å²) in [5.41, 5.74) is 4.20. The van der Waals surface area contributed by atoms with Gasteiger partial charge in [-0.25, -0.2) is 26.8 Å². The molecule has 4 aliphatic carbocycles. The van der Waals surface area contributed by atoms with Gasteiger partial charge in [0.25, 0.3) is 11.8 Å². The molecule has 4 saturated carbocycles. The van der Waals surface area contributed by atoms with Crippen molar-refractivity contribution in [3.63, 3.8) is 0 Å². The number of amides is 2. The van der Waals surface area contributed by atoms with Gasteiger partial charge in [-0.2, -0.15) is 4.39 Å². The molecule has 18 nitrogen and oxygen atoms in total. The van der Waals surface area contributed by atoms with Gasteiger partial charge in [0.2, 0.25) is 26.0 Å². The lowest BCUT2D eigenvalue weighted by atomic mass is 9.93. The second-order valence-electron chi connectivity index (χ2n) is 23.4. The minimum Gasteiger partial charge on any atom is -0.392 e. The van der Waals surface area contributed by atoms with Crippen molar-refractivity contribution in [3.05, 3.63) is 89.9 Å². The van der Waals surface area contributed by atoms with Crippen LogP contribution in [0, 0.1) is 16.8 Å². The Morgan fingerprint density at radius 3 is 1.49 bits per heavy atom. The van der Waals surface area contributed by atoms with Gasteiger partial charge in [0.1, 0.15) is 17.5 Å². The summed E-state index contributed by atoms with van der Waals surface area (Å²) >= 11 is 0. The zero-order valence-electron chi connectivity index (χ0n) is 44.7. The number of sulfonamides is 2. The number of halogens is 2. The maximum Gasteiger partial charge on any atom is 0.258 e. The number of β-amino-alcohol motifs (C(OH)–C–C–N with tert-alkyl or cyclic N) is 2. The molecule has 0 unspecified atom stereocenters. The monoisotopic (exact) mass is 1130 g/mol. The first-order valence-corrected chi connectivity index (χ1v) is 30.6. The summed E-state index contributed by atoms with van der Waals surface area (Å²) in [6, 6.07) is 19.9. The van der Waals surface area contributed by atoms with Crippen molar-refractivity contribution in [1.82, 2.24) is 15.3 Å². The van der Waals surface area contributed by atoms with Crippen LogP contribution in [-0.4, -0.2) is 123 Å². The van der Waals surface area contributed by atoms with Gasteiger partial charge in [-0.05, 0) is 195 Å². The molecule has 8 fully saturated rings. The molecule has 4 aromatic rings. The van der Waals surface area contributed by atoms with Crippen LogP contribution in [0.3, 0.4) is 0 Å². The Hall–Kier alpha value is -5.32. The highest BCUT2D eigenvalue weighted by Crippen LogP contribution is 2.55. The Morgan fingerprint density at radius 2 is 1.08 bits per heavy atom. The van der Waals surface area contributed by atoms with Crippen molar-refractivity contribution in [2.24, 2.45) is 10.8 Å². The molecule has 4 saturated heterocycles. The quantitative estimate of drug-likeness (QED) is 0.0624. The van der Waals surface area contributed by atoms with E-state index in [1.165, 1.54) is 43.9 Å². The van der Waals surface area contributed by atoms with Crippen LogP contribution in [0.25, 0.3) is 0 Å². The largest absolute Gasteiger partial charge is 0.392 e. The zero-order chi connectivity index (χ0) is 54.2. The molecule has 2 spiro atoms. The number of carbonyl (C=O) groups is 2. The van der Waals surface area contributed by atoms with Gasteiger partial charge < -0.3 is 40.9 Å². The minimum absolute atomic E-state index is 0. The molecule has 0 radical (unpaired) electrons. The van der Waals surface area contributed by atoms with Crippen molar-refractivity contribution in [1.29, 1.82) is 0 Å². The first-order chi connectivity index (χ1) is 36.7. The molecule has 2 atom stereocenters. The van der Waals surface area contributed by atoms with E-state index in [1.807, 2.05) is 23.1 Å². The average molecular weight is 1140 g/mol. The lowest BCUT2D eigenvalue weighted by molar-refractivity contribution is 0.101. The van der Waals surface area contributed by atoms with Gasteiger partial charge >= 0.3 is 0 Å². The summed E-state index contributed by atoms with van der Waals surface area (Å²) in [6.07, 6.45) is 15.3. The number of carbonyl (C=O) groups excluding carboxylic acids is 2. The molecular weight excluding hydrogens is 1060 g/mol. The first-order valence-electron chi connectivity index (χ1n) is 27.6. The van der Waals surface area contributed by atoms with Crippen LogP contribution in [0.4, 0.5) is 44.6 Å². The summed E-state index contributed by atoms with van der Waals surface area (Å²) in [6.45, 7) is 10.0. The molecule has 2 aromatic heterocycles. The van der Waals surface area contributed by atoms with Crippen molar-refractivity contribution in [3.8, 4) is 0 Å². The van der Waals surface area contributed by atoms with Gasteiger partial charge in [-0.1, -0.05) is 12.1 Å². The van der Waals surface area contributed by atoms with E-state index in [0.29, 0.717) is 77.1 Å². The average Bonchev–Trinajstić information content (AvgIpc) is 4.24. The van der Waals surface area contributed by atoms with Gasteiger partial charge in [-0.15, -0.1) is 12.4 Å². The SMILES string of the molecule is CC1(S(=O)(=O)Nc2ccc(C(=O)Nc3cccc(F)n3)c(N3CCC4(CC3)CC4)c2)CC1.CC1(S(=O)(=O)Nc2ccc(C(=O)Nc3cccc(N4CCC[C@@H](O)C4)n3)c(N3CCC4(CC3)CC4)c2)CC1.Cl.O[C@@H]1CCCNC1. The molecule has 78 heavy (non-hydrogen) atoms. The predicted octanol–water partition coefficient (Wildman–Crippen LogP) is 8.27. The second kappa shape index (κ2) is 23.0. The van der Waals surface area contributed by atoms with Crippen LogP contribution in [0.15, 0.2) is 72.8 Å². The molecule has 12 rings (SSSR count). The molecule has 4 aliphatic heterocycles. The number of hydrogen-bond acceptors (Lipinski definition) is 14. The number of aromatic nitrogens is 2. The third-order valence-electron chi connectivity index (χ3n) is 17.4. The van der Waals surface area contributed by atoms with E-state index < -0.39 is 41.4 Å². The van der Waals surface area contributed by atoms with Crippen LogP contribution in [-0.2, 0) is 20.0 Å². The molecule has 7 N–H and O–H groups in total. The Bertz CT molecular complexity index is 3040. The number of nitrogens with one attached hydrogen (secondary N) is 5. The summed E-state index contributed by atoms with van der Waals surface area (Å²) < 4.78 is 68.6. The summed E-state index contributed by atoms with van der Waals surface area (Å²) in [5.74, 6) is -0.0616. The third kappa shape index (κ3) is 13.6. The summed E-state index contributed by atoms with van der Waals surface area (Å²) in [7, 11) is -7.00. The first kappa shape index (κ1) is 57.4. The molecule has 22 heteroatoms. The number of aliphatic hydroxyl groups is 2. The third-order valence-corrected chi connectivity index (χ3v) is 21.8. The minimum atomic E-state index is -3.50. The van der Waals surface area contributed by atoms with E-state index in [0.717, 1.165) is 109 Å². The number of benzene rings is 2. The lowest BCUT2D eigenvalue weighted by Gasteiger charge is -2.35. The molecule has 2 aromatic carbocycles. The van der Waals surface area contributed by atoms with Gasteiger partial charge in [0, 0.05) is 45.8 Å². The Balaban J connectivity index is 0.000000168. The fourth-order valence-corrected chi connectivity index (χ4v) is 13.5. The van der Waals surface area contributed by atoms with Gasteiger partial charge in [-0.3, -0.25) is 19.0 Å². The standard InChI is InChI=1S/C28H37N5O4S.C23H27FN4O3S.C5H11NO.ClH/c1-27(9-10-27)38(36,37)31-20-7-8-22(23(18-20)32-16-13-28(11-12-28)14-17-32)26(35)30-24-5-2-6-25(29-24)33-15-3-4-21(34)19-33;1-22(7-8-22)32(30,31)27-16-5-6-17(21(29)26-20-4-2-3-19(24)25-20)18(15-16)28-13-11-23(9-10-23)12-14-28;7-5-2-1-3-6-4-5;/h2,5-8,18,21,31,34H,3-4,9-17,19H2,1H3,(H,29,30,35);2-6,15,27H,7-14H2,1H3,(H,25,26,29);5-7H,1-4H2;1H/t21-;;5-;/m1.1./s1. The van der Waals surface area contributed by atoms with Crippen molar-refractivity contribution in [2.75, 3.05) is 87.1 Å². The number of anilines is 7. The van der Waals surface area contributed by atoms with E-state index >= 15 is 0 Å². The van der Waals surface area contributed by atoms with Crippen molar-refractivity contribution < 1.29 is 41.0 Å². The summed E-state index contributed by atoms with van der Waals surface area (Å²) in [5, 5.41) is 27.6. The fourth-order valence-electron chi connectivity index (χ4n) is 10.9. The molecule has 2 amide bonds. The second-order valence-corrected chi connectivity index (χ2v) is 27.8. The van der Waals surface area contributed by atoms with E-state index in [4.69, 9.17) is 5.11 Å². The highest BCUT2D eigenvalue weighted by Gasteiger charge is 2.51. The Morgan fingerprint density at radius 1 is 0.603 bits per heavy atom. The Kier molecular flexibility index (Phi) is 16.9. The zero-order valence-corrected chi connectivity index (χ0v) is 47.2. The molecule has 0 bridgehead atoms. The number of rotatable bonds is 13. The van der Waals surface area contributed by atoms with Crippen molar-refractivity contribution >= 4 is 84.5 Å². The van der Waals surface area contributed by atoms with Crippen LogP contribution in [0.2, 0.25) is 0 Å². The maximum atomic E-state index is 13.6. The van der Waals surface area contributed by atoms with E-state index in [9.17, 15) is 35.9 Å². The van der Waals surface area contributed by atoms with E-state index in [-0.39, 0.29) is 36.3 Å². The highest BCUT2D eigenvalue weighted by atomic mass is 35.5. The summed E-state index contributed by atoms with van der Waals surface area (Å²) in [4.78, 5) is 41.4. The number of hydrogen-bond donors (Lipinski definition) is 7. The number of aliphatic hydroxyl groups excluding tert-OH is 2. The fraction of sp³-hybridized carbons (Fsp3) is 0.571. The van der Waals surface area contributed by atoms with Crippen LogP contribution < -0.4 is 40.1 Å². The van der Waals surface area contributed by atoms with E-state index in [2.05, 4.69) is 45.2 Å². The lowest BCUT2D eigenvalue weighted by Crippen LogP contribution is -2.38. The maximum absolute atomic E-state index is 13.6. The van der Waals surface area contributed by atoms with E-state index in [1.54, 1.807) is 50.2 Å². The predicted molar refractivity (Wildman–Crippen MR) is 307 cm³/mol. The number of pyridine rings is 2. The van der Waals surface area contributed by atoms with Gasteiger partial charge in [0.05, 0.1) is 55.6 Å². The molecule has 424 valence electrons. The van der Waals surface area contributed by atoms with Gasteiger partial charge in [0.15, 0.2) is 0 Å². The van der Waals surface area contributed by atoms with Crippen molar-refractivity contribution in [2.45, 2.75) is 138 Å². The Labute approximate surface area is 464 Å².